The van der Waals surface area contributed by atoms with Crippen molar-refractivity contribution in [2.24, 2.45) is 0 Å². The van der Waals surface area contributed by atoms with Crippen molar-refractivity contribution in [1.29, 1.82) is 5.26 Å². The smallest absolute Gasteiger partial charge is 0.257 e. The number of amides is 1. The lowest BCUT2D eigenvalue weighted by molar-refractivity contribution is 0.102. The van der Waals surface area contributed by atoms with Crippen LogP contribution in [0.2, 0.25) is 5.02 Å². The number of carbonyl (C=O) groups is 1. The first-order valence-electron chi connectivity index (χ1n) is 8.92. The van der Waals surface area contributed by atoms with Crippen LogP contribution < -0.4 is 11.1 Å². The van der Waals surface area contributed by atoms with Crippen molar-refractivity contribution >= 4 is 28.9 Å². The molecular weight excluding hydrogens is 389 g/mol. The second-order valence-electron chi connectivity index (χ2n) is 6.85. The summed E-state index contributed by atoms with van der Waals surface area (Å²) in [6.45, 7) is 3.78. The molecule has 0 aromatic heterocycles. The van der Waals surface area contributed by atoms with Crippen LogP contribution in [0.1, 0.15) is 38.5 Å². The topological polar surface area (TPSA) is 78.9 Å². The molecule has 1 unspecified atom stereocenters. The molecule has 0 saturated carbocycles. The predicted molar refractivity (Wildman–Crippen MR) is 114 cm³/mol. The van der Waals surface area contributed by atoms with Crippen LogP contribution in [0.15, 0.2) is 54.6 Å². The van der Waals surface area contributed by atoms with E-state index in [1.54, 1.807) is 19.1 Å². The fourth-order valence-electron chi connectivity index (χ4n) is 3.06. The third-order valence-corrected chi connectivity index (χ3v) is 5.03. The van der Waals surface area contributed by atoms with E-state index in [-0.39, 0.29) is 11.3 Å². The maximum atomic E-state index is 13.5. The van der Waals surface area contributed by atoms with Crippen LogP contribution in [0, 0.1) is 31.0 Å². The van der Waals surface area contributed by atoms with E-state index in [1.165, 1.54) is 12.1 Å². The molecule has 0 fully saturated rings. The van der Waals surface area contributed by atoms with Gasteiger partial charge >= 0.3 is 0 Å². The third kappa shape index (κ3) is 4.39. The summed E-state index contributed by atoms with van der Waals surface area (Å²) in [5.41, 5.74) is 9.77. The van der Waals surface area contributed by atoms with Gasteiger partial charge < -0.3 is 11.1 Å². The van der Waals surface area contributed by atoms with Gasteiger partial charge in [0.2, 0.25) is 0 Å². The van der Waals surface area contributed by atoms with Crippen molar-refractivity contribution in [2.75, 3.05) is 11.1 Å². The van der Waals surface area contributed by atoms with E-state index in [2.05, 4.69) is 11.4 Å². The minimum atomic E-state index is -0.551. The number of aryl methyl sites for hydroxylation is 2. The number of nitrogen functional groups attached to an aromatic ring is 1. The number of hydrogen-bond acceptors (Lipinski definition) is 3. The molecule has 0 bridgehead atoms. The zero-order chi connectivity index (χ0) is 21.1. The highest BCUT2D eigenvalue weighted by molar-refractivity contribution is 6.32. The second-order valence-corrected chi connectivity index (χ2v) is 7.25. The number of nitrogens with zero attached hydrogens (tertiary/aromatic N) is 1. The number of nitriles is 1. The normalized spacial score (nSPS) is 11.6. The zero-order valence-electron chi connectivity index (χ0n) is 16.0. The fourth-order valence-corrected chi connectivity index (χ4v) is 3.33. The molecule has 1 amide bonds. The van der Waals surface area contributed by atoms with Gasteiger partial charge in [0.25, 0.3) is 5.91 Å². The van der Waals surface area contributed by atoms with Gasteiger partial charge in [-0.3, -0.25) is 4.79 Å². The van der Waals surface area contributed by atoms with Crippen LogP contribution in [-0.4, -0.2) is 5.91 Å². The lowest BCUT2D eigenvalue weighted by Crippen LogP contribution is -2.15. The molecule has 6 heteroatoms. The third-order valence-electron chi connectivity index (χ3n) is 4.70. The van der Waals surface area contributed by atoms with Gasteiger partial charge in [0.15, 0.2) is 0 Å². The molecule has 0 aliphatic rings. The summed E-state index contributed by atoms with van der Waals surface area (Å²) in [5, 5.41) is 12.8. The molecule has 3 aromatic rings. The largest absolute Gasteiger partial charge is 0.398 e. The number of nitrogens with two attached hydrogens (primary N) is 1. The standard InChI is InChI=1S/C23H19ClFN3O/c1-13-3-5-15(6-4-13)19(12-26)17-9-14(2)22(11-20(17)24)28-23(29)18-10-16(25)7-8-21(18)27/h3-11,19H,27H2,1-2H3,(H,28,29). The Bertz CT molecular complexity index is 1120. The Kier molecular flexibility index (Phi) is 5.86. The summed E-state index contributed by atoms with van der Waals surface area (Å²) in [4.78, 5) is 12.5. The molecule has 3 rings (SSSR count). The monoisotopic (exact) mass is 407 g/mol. The molecule has 0 radical (unpaired) electrons. The Hall–Kier alpha value is -3.36. The molecule has 3 aromatic carbocycles. The lowest BCUT2D eigenvalue weighted by Gasteiger charge is -2.16. The van der Waals surface area contributed by atoms with Crippen molar-refractivity contribution in [3.63, 3.8) is 0 Å². The molecular formula is C23H19ClFN3O. The van der Waals surface area contributed by atoms with Crippen LogP contribution in [0.5, 0.6) is 0 Å². The average Bonchev–Trinajstić information content (AvgIpc) is 2.69. The average molecular weight is 408 g/mol. The number of rotatable bonds is 4. The van der Waals surface area contributed by atoms with Gasteiger partial charge in [-0.1, -0.05) is 47.5 Å². The van der Waals surface area contributed by atoms with Crippen LogP contribution in [0.4, 0.5) is 15.8 Å². The maximum Gasteiger partial charge on any atom is 0.257 e. The van der Waals surface area contributed by atoms with Crippen LogP contribution in [0.25, 0.3) is 0 Å². The number of halogens is 2. The zero-order valence-corrected chi connectivity index (χ0v) is 16.7. The molecule has 4 nitrogen and oxygen atoms in total. The molecule has 146 valence electrons. The predicted octanol–water partition coefficient (Wildman–Crippen LogP) is 5.59. The van der Waals surface area contributed by atoms with E-state index in [0.717, 1.165) is 22.8 Å². The van der Waals surface area contributed by atoms with Gasteiger partial charge in [-0.2, -0.15) is 5.26 Å². The number of nitrogens with one attached hydrogen (secondary N) is 1. The summed E-state index contributed by atoms with van der Waals surface area (Å²) in [6.07, 6.45) is 0. The summed E-state index contributed by atoms with van der Waals surface area (Å²) in [5.74, 6) is -1.63. The van der Waals surface area contributed by atoms with Crippen molar-refractivity contribution in [1.82, 2.24) is 0 Å². The Morgan fingerprint density at radius 3 is 2.48 bits per heavy atom. The molecule has 3 N–H and O–H groups in total. The molecule has 0 spiro atoms. The molecule has 29 heavy (non-hydrogen) atoms. The number of hydrogen-bond donors (Lipinski definition) is 2. The summed E-state index contributed by atoms with van der Waals surface area (Å²) < 4.78 is 13.5. The lowest BCUT2D eigenvalue weighted by atomic mass is 9.90. The minimum absolute atomic E-state index is 0.0409. The summed E-state index contributed by atoms with van der Waals surface area (Å²) in [7, 11) is 0. The quantitative estimate of drug-likeness (QED) is 0.553. The first-order valence-corrected chi connectivity index (χ1v) is 9.30. The van der Waals surface area contributed by atoms with Gasteiger partial charge in [0.1, 0.15) is 5.82 Å². The van der Waals surface area contributed by atoms with Crippen LogP contribution in [-0.2, 0) is 0 Å². The second kappa shape index (κ2) is 8.34. The molecule has 0 aliphatic heterocycles. The number of carbonyl (C=O) groups excluding carboxylic acids is 1. The van der Waals surface area contributed by atoms with Gasteiger partial charge in [-0.25, -0.2) is 4.39 Å². The summed E-state index contributed by atoms with van der Waals surface area (Å²) >= 11 is 6.45. The fraction of sp³-hybridized carbons (Fsp3) is 0.130. The van der Waals surface area contributed by atoms with Crippen LogP contribution in [0.3, 0.4) is 0 Å². The van der Waals surface area contributed by atoms with E-state index in [0.29, 0.717) is 16.3 Å². The Morgan fingerprint density at radius 1 is 1.14 bits per heavy atom. The van der Waals surface area contributed by atoms with E-state index < -0.39 is 17.6 Å². The molecule has 0 heterocycles. The maximum absolute atomic E-state index is 13.5. The van der Waals surface area contributed by atoms with Gasteiger partial charge in [-0.15, -0.1) is 0 Å². The van der Waals surface area contributed by atoms with Gasteiger partial charge in [0, 0.05) is 16.4 Å². The molecule has 0 saturated heterocycles. The Labute approximate surface area is 173 Å². The Morgan fingerprint density at radius 2 is 1.83 bits per heavy atom. The first kappa shape index (κ1) is 20.4. The van der Waals surface area contributed by atoms with Crippen molar-refractivity contribution in [3.05, 3.63) is 93.3 Å². The van der Waals surface area contributed by atoms with Crippen molar-refractivity contribution < 1.29 is 9.18 Å². The minimum Gasteiger partial charge on any atom is -0.398 e. The molecule has 0 aliphatic carbocycles. The van der Waals surface area contributed by atoms with Crippen molar-refractivity contribution in [3.8, 4) is 6.07 Å². The number of benzene rings is 3. The molecule has 1 atom stereocenters. The number of anilines is 2. The van der Waals surface area contributed by atoms with Gasteiger partial charge in [0.05, 0.1) is 17.6 Å². The van der Waals surface area contributed by atoms with Crippen LogP contribution >= 0.6 is 11.6 Å². The van der Waals surface area contributed by atoms with E-state index in [1.807, 2.05) is 31.2 Å². The first-order chi connectivity index (χ1) is 13.8. The SMILES string of the molecule is Cc1ccc(C(C#N)c2cc(C)c(NC(=O)c3cc(F)ccc3N)cc2Cl)cc1. The van der Waals surface area contributed by atoms with E-state index in [9.17, 15) is 14.4 Å². The summed E-state index contributed by atoms with van der Waals surface area (Å²) in [6, 6.07) is 17.0. The Balaban J connectivity index is 1.93. The van der Waals surface area contributed by atoms with Gasteiger partial charge in [-0.05, 0) is 54.8 Å². The van der Waals surface area contributed by atoms with E-state index in [4.69, 9.17) is 17.3 Å². The highest BCUT2D eigenvalue weighted by atomic mass is 35.5. The highest BCUT2D eigenvalue weighted by Crippen LogP contribution is 2.34. The van der Waals surface area contributed by atoms with Crippen molar-refractivity contribution in [2.45, 2.75) is 19.8 Å². The van der Waals surface area contributed by atoms with E-state index >= 15 is 0 Å². The highest BCUT2D eigenvalue weighted by Gasteiger charge is 2.19.